The van der Waals surface area contributed by atoms with Crippen LogP contribution in [-0.4, -0.2) is 87.2 Å². The number of nitrogens with zero attached hydrogens (tertiary/aromatic N) is 3. The van der Waals surface area contributed by atoms with Gasteiger partial charge in [0.1, 0.15) is 30.3 Å². The number of fused-ring (bicyclic) bond motifs is 1. The molecule has 2 N–H and O–H groups in total. The molecule has 1 aromatic heterocycles. The van der Waals surface area contributed by atoms with Gasteiger partial charge in [-0.3, -0.25) is 4.79 Å². The van der Waals surface area contributed by atoms with Gasteiger partial charge in [0.2, 0.25) is 5.91 Å². The Balaban J connectivity index is 1.54. The van der Waals surface area contributed by atoms with Crippen molar-refractivity contribution in [3.05, 3.63) is 59.7 Å². The highest BCUT2D eigenvalue weighted by Gasteiger charge is 2.18. The summed E-state index contributed by atoms with van der Waals surface area (Å²) in [6.07, 6.45) is 6.72. The second kappa shape index (κ2) is 15.5. The van der Waals surface area contributed by atoms with Gasteiger partial charge in [-0.15, -0.1) is 0 Å². The molecule has 41 heavy (non-hydrogen) atoms. The lowest BCUT2D eigenvalue weighted by atomic mass is 10.1. The molecular weight excluding hydrogens is 553 g/mol. The van der Waals surface area contributed by atoms with Gasteiger partial charge in [-0.25, -0.2) is 14.4 Å². The molecular formula is C29H35ClFN5O5. The van der Waals surface area contributed by atoms with Gasteiger partial charge in [0.25, 0.3) is 0 Å². The molecule has 0 aliphatic carbocycles. The van der Waals surface area contributed by atoms with E-state index < -0.39 is 5.82 Å². The van der Waals surface area contributed by atoms with Crippen molar-refractivity contribution < 1.29 is 28.1 Å². The molecule has 10 nitrogen and oxygen atoms in total. The number of methoxy groups -OCH3 is 2. The molecule has 12 heteroatoms. The zero-order valence-electron chi connectivity index (χ0n) is 23.2. The normalized spacial score (nSPS) is 15.0. The largest absolute Gasteiger partial charge is 0.489 e. The number of ether oxygens (including phenoxy) is 4. The molecule has 0 saturated carbocycles. The number of hydrogen-bond acceptors (Lipinski definition) is 9. The Labute approximate surface area is 243 Å². The van der Waals surface area contributed by atoms with E-state index in [-0.39, 0.29) is 17.0 Å². The lowest BCUT2D eigenvalue weighted by molar-refractivity contribution is -0.127. The molecule has 3 aromatic rings. The number of benzene rings is 2. The third kappa shape index (κ3) is 8.74. The quantitative estimate of drug-likeness (QED) is 0.242. The number of carbonyl (C=O) groups excluding carboxylic acids is 1. The van der Waals surface area contributed by atoms with E-state index in [1.807, 2.05) is 12.1 Å². The summed E-state index contributed by atoms with van der Waals surface area (Å²) >= 11 is 5.97. The monoisotopic (exact) mass is 587 g/mol. The zero-order valence-corrected chi connectivity index (χ0v) is 24.0. The average molecular weight is 588 g/mol. The van der Waals surface area contributed by atoms with Crippen LogP contribution >= 0.6 is 11.6 Å². The Bertz CT molecular complexity index is 1330. The van der Waals surface area contributed by atoms with Crippen LogP contribution in [0, 0.1) is 5.82 Å². The first-order valence-electron chi connectivity index (χ1n) is 13.4. The zero-order chi connectivity index (χ0) is 29.0. The van der Waals surface area contributed by atoms with Crippen molar-refractivity contribution in [3.63, 3.8) is 0 Å². The van der Waals surface area contributed by atoms with Gasteiger partial charge < -0.3 is 34.5 Å². The highest BCUT2D eigenvalue weighted by molar-refractivity contribution is 6.31. The highest BCUT2D eigenvalue weighted by atomic mass is 35.5. The van der Waals surface area contributed by atoms with Gasteiger partial charge in [-0.1, -0.05) is 17.7 Å². The van der Waals surface area contributed by atoms with Gasteiger partial charge in [-0.05, 0) is 37.1 Å². The molecule has 220 valence electrons. The van der Waals surface area contributed by atoms with E-state index in [9.17, 15) is 9.18 Å². The minimum Gasteiger partial charge on any atom is -0.489 e. The van der Waals surface area contributed by atoms with Crippen LogP contribution in [-0.2, 0) is 19.0 Å². The maximum atomic E-state index is 13.7. The Kier molecular flexibility index (Phi) is 11.5. The SMILES string of the molecule is COCCN(CCOC)C(=O)C=CCNc1cc2c(Nc3ccc(F)c(Cl)c3)ncnc2cc1OCC1CCCO1. The van der Waals surface area contributed by atoms with Crippen LogP contribution < -0.4 is 15.4 Å². The molecule has 1 unspecified atom stereocenters. The third-order valence-corrected chi connectivity index (χ3v) is 6.77. The maximum absolute atomic E-state index is 13.7. The van der Waals surface area contributed by atoms with Crippen molar-refractivity contribution in [2.24, 2.45) is 0 Å². The first-order valence-corrected chi connectivity index (χ1v) is 13.8. The summed E-state index contributed by atoms with van der Waals surface area (Å²) in [7, 11) is 3.20. The van der Waals surface area contributed by atoms with E-state index in [4.69, 9.17) is 30.5 Å². The molecule has 1 amide bonds. The fourth-order valence-electron chi connectivity index (χ4n) is 4.28. The summed E-state index contributed by atoms with van der Waals surface area (Å²) in [5, 5.41) is 7.25. The molecule has 0 radical (unpaired) electrons. The number of carbonyl (C=O) groups is 1. The number of hydrogen-bond donors (Lipinski definition) is 2. The topological polar surface area (TPSA) is 107 Å². The van der Waals surface area contributed by atoms with Crippen LogP contribution in [0.1, 0.15) is 12.8 Å². The predicted octanol–water partition coefficient (Wildman–Crippen LogP) is 4.81. The van der Waals surface area contributed by atoms with Crippen LogP contribution in [0.25, 0.3) is 10.9 Å². The fraction of sp³-hybridized carbons (Fsp3) is 0.414. The highest BCUT2D eigenvalue weighted by Crippen LogP contribution is 2.34. The van der Waals surface area contributed by atoms with E-state index in [0.717, 1.165) is 19.4 Å². The summed E-state index contributed by atoms with van der Waals surface area (Å²) in [6.45, 7) is 3.32. The van der Waals surface area contributed by atoms with Crippen LogP contribution in [0.4, 0.5) is 21.6 Å². The van der Waals surface area contributed by atoms with Crippen LogP contribution in [0.3, 0.4) is 0 Å². The first kappa shape index (κ1) is 30.4. The number of rotatable bonds is 15. The number of nitrogens with one attached hydrogen (secondary N) is 2. The van der Waals surface area contributed by atoms with Gasteiger partial charge in [0.15, 0.2) is 0 Å². The van der Waals surface area contributed by atoms with E-state index in [0.29, 0.717) is 73.3 Å². The lowest BCUT2D eigenvalue weighted by Gasteiger charge is -2.20. The molecule has 1 aliphatic rings. The summed E-state index contributed by atoms with van der Waals surface area (Å²) in [5.74, 6) is 0.483. The lowest BCUT2D eigenvalue weighted by Crippen LogP contribution is -2.35. The van der Waals surface area contributed by atoms with Crippen molar-refractivity contribution in [2.75, 3.05) is 70.9 Å². The Morgan fingerprint density at radius 3 is 2.71 bits per heavy atom. The molecule has 1 atom stereocenters. The van der Waals surface area contributed by atoms with Crippen molar-refractivity contribution in [1.82, 2.24) is 14.9 Å². The number of amides is 1. The van der Waals surface area contributed by atoms with Crippen molar-refractivity contribution >= 4 is 45.6 Å². The number of anilines is 3. The molecule has 0 bridgehead atoms. The Hall–Kier alpha value is -3.51. The van der Waals surface area contributed by atoms with Crippen molar-refractivity contribution in [3.8, 4) is 5.75 Å². The minimum absolute atomic E-state index is 0.00451. The average Bonchev–Trinajstić information content (AvgIpc) is 3.50. The van der Waals surface area contributed by atoms with Crippen LogP contribution in [0.5, 0.6) is 5.75 Å². The van der Waals surface area contributed by atoms with E-state index in [1.165, 1.54) is 24.5 Å². The van der Waals surface area contributed by atoms with Gasteiger partial charge >= 0.3 is 0 Å². The van der Waals surface area contributed by atoms with E-state index in [2.05, 4.69) is 20.6 Å². The molecule has 2 aromatic carbocycles. The Morgan fingerprint density at radius 2 is 2.00 bits per heavy atom. The summed E-state index contributed by atoms with van der Waals surface area (Å²) < 4.78 is 35.8. The second-order valence-corrected chi connectivity index (χ2v) is 9.79. The predicted molar refractivity (Wildman–Crippen MR) is 157 cm³/mol. The van der Waals surface area contributed by atoms with Crippen molar-refractivity contribution in [2.45, 2.75) is 18.9 Å². The van der Waals surface area contributed by atoms with Gasteiger partial charge in [-0.2, -0.15) is 0 Å². The molecule has 2 heterocycles. The minimum atomic E-state index is -0.503. The van der Waals surface area contributed by atoms with E-state index in [1.54, 1.807) is 31.3 Å². The van der Waals surface area contributed by atoms with Crippen molar-refractivity contribution in [1.29, 1.82) is 0 Å². The van der Waals surface area contributed by atoms with Gasteiger partial charge in [0.05, 0.1) is 35.5 Å². The molecule has 1 saturated heterocycles. The summed E-state index contributed by atoms with van der Waals surface area (Å²) in [4.78, 5) is 23.2. The number of halogens is 2. The van der Waals surface area contributed by atoms with E-state index >= 15 is 0 Å². The number of aromatic nitrogens is 2. The molecule has 1 aliphatic heterocycles. The van der Waals surface area contributed by atoms with Crippen LogP contribution in [0.15, 0.2) is 48.8 Å². The van der Waals surface area contributed by atoms with Gasteiger partial charge in [0, 0.05) is 63.7 Å². The molecule has 1 fully saturated rings. The summed E-state index contributed by atoms with van der Waals surface area (Å²) in [6, 6.07) is 8.08. The standard InChI is InChI=1S/C29H35ClFN5O5/c1-38-13-10-36(11-14-39-2)28(37)6-3-9-32-26-16-22-25(17-27(26)41-18-21-5-4-12-40-21)33-19-34-29(22)35-20-7-8-24(31)23(30)15-20/h3,6-8,15-17,19,21,32H,4-5,9-14,18H2,1-2H3,(H,33,34,35). The fourth-order valence-corrected chi connectivity index (χ4v) is 4.46. The third-order valence-electron chi connectivity index (χ3n) is 6.48. The Morgan fingerprint density at radius 1 is 1.20 bits per heavy atom. The summed E-state index contributed by atoms with van der Waals surface area (Å²) in [5.41, 5.74) is 1.93. The first-order chi connectivity index (χ1) is 20.0. The van der Waals surface area contributed by atoms with Crippen LogP contribution in [0.2, 0.25) is 5.02 Å². The maximum Gasteiger partial charge on any atom is 0.246 e. The molecule has 4 rings (SSSR count). The smallest absolute Gasteiger partial charge is 0.246 e. The second-order valence-electron chi connectivity index (χ2n) is 9.38. The molecule has 0 spiro atoms.